The summed E-state index contributed by atoms with van der Waals surface area (Å²) >= 11 is 0. The Hall–Kier alpha value is -3.68. The first-order valence-corrected chi connectivity index (χ1v) is 11.0. The van der Waals surface area contributed by atoms with E-state index < -0.39 is 6.04 Å². The molecule has 0 aliphatic carbocycles. The summed E-state index contributed by atoms with van der Waals surface area (Å²) in [5.41, 5.74) is 2.09. The van der Waals surface area contributed by atoms with Crippen molar-refractivity contribution in [1.82, 2.24) is 10.6 Å². The minimum absolute atomic E-state index is 0.354. The van der Waals surface area contributed by atoms with Gasteiger partial charge >= 0.3 is 6.03 Å². The maximum atomic E-state index is 13.3. The number of methoxy groups -OCH3 is 1. The largest absolute Gasteiger partial charge is 0.495 e. The van der Waals surface area contributed by atoms with Crippen LogP contribution in [-0.4, -0.2) is 32.3 Å². The van der Waals surface area contributed by atoms with Gasteiger partial charge in [0.1, 0.15) is 5.75 Å². The Morgan fingerprint density at radius 1 is 1.09 bits per heavy atom. The van der Waals surface area contributed by atoms with Crippen LogP contribution in [0.2, 0.25) is 0 Å². The number of ether oxygens (including phenoxy) is 3. The average Bonchev–Trinajstić information content (AvgIpc) is 2.78. The lowest BCUT2D eigenvalue weighted by molar-refractivity contribution is -0.113. The van der Waals surface area contributed by atoms with Crippen molar-refractivity contribution in [2.45, 2.75) is 33.7 Å². The van der Waals surface area contributed by atoms with Crippen LogP contribution in [0, 0.1) is 5.92 Å². The van der Waals surface area contributed by atoms with Crippen LogP contribution in [-0.2, 0) is 4.79 Å². The molecule has 0 saturated carbocycles. The van der Waals surface area contributed by atoms with E-state index in [9.17, 15) is 9.59 Å². The van der Waals surface area contributed by atoms with Crippen LogP contribution in [0.4, 0.5) is 10.5 Å². The molecule has 0 fully saturated rings. The SMILES string of the molecule is CCOc1cc([C@@H]2NC(=O)NC(C)=C2C(=O)Nc2ccccc2OC)ccc1OCC(C)C. The molecule has 1 aliphatic rings. The number of carbonyl (C=O) groups is 2. The number of rotatable bonds is 9. The number of benzene rings is 2. The standard InChI is InChI=1S/C25H31N3O5/c1-6-32-21-13-17(11-12-20(21)33-14-15(2)3)23-22(16(4)26-25(30)28-23)24(29)27-18-9-7-8-10-19(18)31-5/h7-13,15,23H,6,14H2,1-5H3,(H,27,29)(H2,26,28,30)/t23-/m0/s1. The van der Waals surface area contributed by atoms with E-state index in [0.29, 0.717) is 58.9 Å². The highest BCUT2D eigenvalue weighted by Gasteiger charge is 2.32. The normalized spacial score (nSPS) is 15.6. The van der Waals surface area contributed by atoms with Crippen LogP contribution < -0.4 is 30.2 Å². The number of anilines is 1. The van der Waals surface area contributed by atoms with Gasteiger partial charge in [-0.1, -0.05) is 32.0 Å². The predicted octanol–water partition coefficient (Wildman–Crippen LogP) is 4.40. The fourth-order valence-electron chi connectivity index (χ4n) is 3.53. The number of carbonyl (C=O) groups excluding carboxylic acids is 2. The summed E-state index contributed by atoms with van der Waals surface area (Å²) in [4.78, 5) is 25.6. The second-order valence-corrected chi connectivity index (χ2v) is 8.07. The maximum Gasteiger partial charge on any atom is 0.319 e. The maximum absolute atomic E-state index is 13.3. The molecule has 1 atom stereocenters. The van der Waals surface area contributed by atoms with E-state index in [1.54, 1.807) is 32.2 Å². The van der Waals surface area contributed by atoms with Crippen molar-refractivity contribution in [3.05, 3.63) is 59.3 Å². The first-order chi connectivity index (χ1) is 15.8. The van der Waals surface area contributed by atoms with E-state index in [0.717, 1.165) is 0 Å². The van der Waals surface area contributed by atoms with Crippen molar-refractivity contribution < 1.29 is 23.8 Å². The highest BCUT2D eigenvalue weighted by molar-refractivity contribution is 6.07. The quantitative estimate of drug-likeness (QED) is 0.523. The third-order valence-corrected chi connectivity index (χ3v) is 5.04. The van der Waals surface area contributed by atoms with Gasteiger partial charge in [0, 0.05) is 5.70 Å². The number of amides is 3. The third-order valence-electron chi connectivity index (χ3n) is 5.04. The molecule has 0 radical (unpaired) electrons. The topological polar surface area (TPSA) is 97.9 Å². The Kier molecular flexibility index (Phi) is 7.82. The molecular weight excluding hydrogens is 422 g/mol. The third kappa shape index (κ3) is 5.77. The molecule has 0 bridgehead atoms. The molecule has 1 aliphatic heterocycles. The summed E-state index contributed by atoms with van der Waals surface area (Å²) in [5.74, 6) is 1.73. The van der Waals surface area contributed by atoms with Gasteiger partial charge in [0.05, 0.1) is 37.6 Å². The molecule has 2 aromatic carbocycles. The van der Waals surface area contributed by atoms with E-state index in [1.807, 2.05) is 31.2 Å². The van der Waals surface area contributed by atoms with Crippen LogP contribution in [0.15, 0.2) is 53.7 Å². The van der Waals surface area contributed by atoms with Crippen molar-refractivity contribution in [1.29, 1.82) is 0 Å². The summed E-state index contributed by atoms with van der Waals surface area (Å²) in [5, 5.41) is 8.43. The van der Waals surface area contributed by atoms with Crippen LogP contribution >= 0.6 is 0 Å². The van der Waals surface area contributed by atoms with Gasteiger partial charge in [0.15, 0.2) is 11.5 Å². The second-order valence-electron chi connectivity index (χ2n) is 8.07. The van der Waals surface area contributed by atoms with E-state index in [4.69, 9.17) is 14.2 Å². The summed E-state index contributed by atoms with van der Waals surface area (Å²) in [7, 11) is 1.54. The highest BCUT2D eigenvalue weighted by atomic mass is 16.5. The van der Waals surface area contributed by atoms with Crippen molar-refractivity contribution in [3.63, 3.8) is 0 Å². The monoisotopic (exact) mass is 453 g/mol. The molecule has 3 rings (SSSR count). The Morgan fingerprint density at radius 3 is 2.55 bits per heavy atom. The van der Waals surface area contributed by atoms with Crippen molar-refractivity contribution in [3.8, 4) is 17.2 Å². The Labute approximate surface area is 194 Å². The molecule has 1 heterocycles. The molecule has 0 aromatic heterocycles. The fourth-order valence-corrected chi connectivity index (χ4v) is 3.53. The summed E-state index contributed by atoms with van der Waals surface area (Å²) in [6.07, 6.45) is 0. The highest BCUT2D eigenvalue weighted by Crippen LogP contribution is 2.35. The van der Waals surface area contributed by atoms with Gasteiger partial charge in [0.2, 0.25) is 0 Å². The molecule has 8 heteroatoms. The van der Waals surface area contributed by atoms with Gasteiger partial charge in [-0.2, -0.15) is 0 Å². The number of urea groups is 1. The minimum atomic E-state index is -0.674. The van der Waals surface area contributed by atoms with Crippen LogP contribution in [0.3, 0.4) is 0 Å². The minimum Gasteiger partial charge on any atom is -0.495 e. The first kappa shape index (κ1) is 24.0. The van der Waals surface area contributed by atoms with Gasteiger partial charge in [-0.15, -0.1) is 0 Å². The fraction of sp³-hybridized carbons (Fsp3) is 0.360. The van der Waals surface area contributed by atoms with E-state index in [2.05, 4.69) is 29.8 Å². The number of nitrogens with one attached hydrogen (secondary N) is 3. The lowest BCUT2D eigenvalue weighted by atomic mass is 9.94. The molecule has 8 nitrogen and oxygen atoms in total. The van der Waals surface area contributed by atoms with Crippen molar-refractivity contribution in [2.24, 2.45) is 5.92 Å². The molecule has 3 amide bonds. The molecule has 3 N–H and O–H groups in total. The average molecular weight is 454 g/mol. The van der Waals surface area contributed by atoms with Gasteiger partial charge in [-0.05, 0) is 49.6 Å². The molecule has 0 unspecified atom stereocenters. The lowest BCUT2D eigenvalue weighted by Crippen LogP contribution is -2.46. The number of para-hydroxylation sites is 2. The zero-order chi connectivity index (χ0) is 24.0. The molecule has 33 heavy (non-hydrogen) atoms. The van der Waals surface area contributed by atoms with E-state index >= 15 is 0 Å². The van der Waals surface area contributed by atoms with Gasteiger partial charge in [-0.3, -0.25) is 4.79 Å². The predicted molar refractivity (Wildman–Crippen MR) is 127 cm³/mol. The van der Waals surface area contributed by atoms with Gasteiger partial charge in [0.25, 0.3) is 5.91 Å². The number of hydrogen-bond acceptors (Lipinski definition) is 5. The van der Waals surface area contributed by atoms with E-state index in [1.165, 1.54) is 0 Å². The molecule has 0 saturated heterocycles. The van der Waals surface area contributed by atoms with Crippen LogP contribution in [0.25, 0.3) is 0 Å². The van der Waals surface area contributed by atoms with Crippen molar-refractivity contribution in [2.75, 3.05) is 25.6 Å². The summed E-state index contributed by atoms with van der Waals surface area (Å²) in [6.45, 7) is 8.73. The van der Waals surface area contributed by atoms with Gasteiger partial charge < -0.3 is 30.2 Å². The molecule has 176 valence electrons. The molecular formula is C25H31N3O5. The Morgan fingerprint density at radius 2 is 1.85 bits per heavy atom. The van der Waals surface area contributed by atoms with Gasteiger partial charge in [-0.25, -0.2) is 4.79 Å². The smallest absolute Gasteiger partial charge is 0.319 e. The van der Waals surface area contributed by atoms with Crippen molar-refractivity contribution >= 4 is 17.6 Å². The zero-order valence-electron chi connectivity index (χ0n) is 19.7. The molecule has 0 spiro atoms. The molecule has 2 aromatic rings. The Bertz CT molecular complexity index is 1050. The first-order valence-electron chi connectivity index (χ1n) is 11.0. The van der Waals surface area contributed by atoms with E-state index in [-0.39, 0.29) is 11.9 Å². The van der Waals surface area contributed by atoms with Crippen LogP contribution in [0.1, 0.15) is 39.3 Å². The lowest BCUT2D eigenvalue weighted by Gasteiger charge is -2.29. The second kappa shape index (κ2) is 10.8. The van der Waals surface area contributed by atoms with Crippen LogP contribution in [0.5, 0.6) is 17.2 Å². The summed E-state index contributed by atoms with van der Waals surface area (Å²) in [6, 6.07) is 11.5. The number of hydrogen-bond donors (Lipinski definition) is 3. The zero-order valence-corrected chi connectivity index (χ0v) is 19.7. The number of allylic oxidation sites excluding steroid dienone is 1. The Balaban J connectivity index is 1.95. The summed E-state index contributed by atoms with van der Waals surface area (Å²) < 4.78 is 17.0.